The SMILES string of the molecule is COc1cc(F)ccc1C(=O)/C=C/C(=O)N1CCN(c2ccc(Nc3ncc4cc(C(=O)N(C)C)n(C5CCCC5)c4n3)nc2)CC1. The van der Waals surface area contributed by atoms with E-state index >= 15 is 0 Å². The minimum atomic E-state index is -0.511. The third-order valence-corrected chi connectivity index (χ3v) is 8.64. The number of pyridine rings is 1. The van der Waals surface area contributed by atoms with Crippen LogP contribution in [0.2, 0.25) is 0 Å². The molecular formula is C34H37FN8O4. The molecule has 1 saturated carbocycles. The maximum absolute atomic E-state index is 13.5. The van der Waals surface area contributed by atoms with Crippen LogP contribution in [0.5, 0.6) is 5.75 Å². The van der Waals surface area contributed by atoms with Crippen LogP contribution in [0.4, 0.5) is 21.8 Å². The molecule has 0 radical (unpaired) electrons. The smallest absolute Gasteiger partial charge is 0.270 e. The molecule has 0 spiro atoms. The number of anilines is 3. The lowest BCUT2D eigenvalue weighted by atomic mass is 10.1. The number of halogens is 1. The van der Waals surface area contributed by atoms with Crippen LogP contribution in [0, 0.1) is 5.82 Å². The summed E-state index contributed by atoms with van der Waals surface area (Å²) in [5.41, 5.74) is 2.46. The van der Waals surface area contributed by atoms with Gasteiger partial charge in [-0.05, 0) is 49.2 Å². The van der Waals surface area contributed by atoms with Crippen LogP contribution in [0.15, 0.2) is 60.9 Å². The predicted molar refractivity (Wildman–Crippen MR) is 176 cm³/mol. The third kappa shape index (κ3) is 6.79. The second kappa shape index (κ2) is 13.6. The summed E-state index contributed by atoms with van der Waals surface area (Å²) in [7, 11) is 4.87. The second-order valence-electron chi connectivity index (χ2n) is 11.9. The molecule has 0 bridgehead atoms. The van der Waals surface area contributed by atoms with Gasteiger partial charge >= 0.3 is 0 Å². The fourth-order valence-electron chi connectivity index (χ4n) is 6.15. The van der Waals surface area contributed by atoms with Crippen molar-refractivity contribution in [1.82, 2.24) is 29.3 Å². The number of nitrogens with one attached hydrogen (secondary N) is 1. The molecule has 0 atom stereocenters. The van der Waals surface area contributed by atoms with E-state index in [-0.39, 0.29) is 29.2 Å². The Morgan fingerprint density at radius 2 is 1.74 bits per heavy atom. The topological polar surface area (TPSA) is 126 Å². The van der Waals surface area contributed by atoms with Gasteiger partial charge in [-0.15, -0.1) is 0 Å². The molecule has 47 heavy (non-hydrogen) atoms. The maximum Gasteiger partial charge on any atom is 0.270 e. The van der Waals surface area contributed by atoms with E-state index < -0.39 is 11.6 Å². The number of benzene rings is 1. The van der Waals surface area contributed by atoms with E-state index in [1.807, 2.05) is 18.2 Å². The molecular weight excluding hydrogens is 603 g/mol. The standard InChI is InChI=1S/C34H37FN8O4/c1-40(2)33(46)27-18-22-20-37-34(39-32(22)43(27)24-6-4-5-7-24)38-30-12-9-25(21-36-30)41-14-16-42(17-15-41)31(45)13-11-28(44)26-10-8-23(35)19-29(26)47-3/h8-13,18-21,24H,4-7,14-17H2,1-3H3,(H,36,37,38,39)/b13-11+. The molecule has 13 heteroatoms. The van der Waals surface area contributed by atoms with Crippen molar-refractivity contribution in [2.24, 2.45) is 0 Å². The normalized spacial score (nSPS) is 15.4. The number of carbonyl (C=O) groups is 3. The zero-order valence-electron chi connectivity index (χ0n) is 26.6. The molecule has 1 saturated heterocycles. The molecule has 4 heterocycles. The lowest BCUT2D eigenvalue weighted by molar-refractivity contribution is -0.126. The van der Waals surface area contributed by atoms with Crippen LogP contribution < -0.4 is 15.0 Å². The quantitative estimate of drug-likeness (QED) is 0.206. The molecule has 1 aliphatic heterocycles. The van der Waals surface area contributed by atoms with Crippen LogP contribution >= 0.6 is 0 Å². The largest absolute Gasteiger partial charge is 0.496 e. The summed E-state index contributed by atoms with van der Waals surface area (Å²) in [4.78, 5) is 57.6. The number of hydrogen-bond acceptors (Lipinski definition) is 9. The molecule has 1 N–H and O–H groups in total. The van der Waals surface area contributed by atoms with Crippen molar-refractivity contribution in [3.63, 3.8) is 0 Å². The Kier molecular flexibility index (Phi) is 9.14. The lowest BCUT2D eigenvalue weighted by Gasteiger charge is -2.35. The minimum absolute atomic E-state index is 0.0543. The van der Waals surface area contributed by atoms with Crippen molar-refractivity contribution in [3.8, 4) is 5.75 Å². The highest BCUT2D eigenvalue weighted by molar-refractivity contribution is 6.09. The van der Waals surface area contributed by atoms with Gasteiger partial charge in [-0.1, -0.05) is 12.8 Å². The van der Waals surface area contributed by atoms with Gasteiger partial charge in [0.15, 0.2) is 5.78 Å². The Morgan fingerprint density at radius 1 is 0.979 bits per heavy atom. The van der Waals surface area contributed by atoms with E-state index in [9.17, 15) is 18.8 Å². The van der Waals surface area contributed by atoms with Crippen molar-refractivity contribution in [1.29, 1.82) is 0 Å². The van der Waals surface area contributed by atoms with Crippen LogP contribution in [-0.4, -0.2) is 94.3 Å². The first-order chi connectivity index (χ1) is 22.7. The fourth-order valence-corrected chi connectivity index (χ4v) is 6.15. The number of fused-ring (bicyclic) bond motifs is 1. The van der Waals surface area contributed by atoms with Gasteiger partial charge in [0.1, 0.15) is 28.7 Å². The second-order valence-corrected chi connectivity index (χ2v) is 11.9. The minimum Gasteiger partial charge on any atom is -0.496 e. The summed E-state index contributed by atoms with van der Waals surface area (Å²) in [6.07, 6.45) is 10.2. The van der Waals surface area contributed by atoms with Gasteiger partial charge < -0.3 is 29.3 Å². The number of amides is 2. The Balaban J connectivity index is 1.07. The first kappa shape index (κ1) is 31.6. The number of carbonyl (C=O) groups excluding carboxylic acids is 3. The first-order valence-electron chi connectivity index (χ1n) is 15.6. The lowest BCUT2D eigenvalue weighted by Crippen LogP contribution is -2.48. The van der Waals surface area contributed by atoms with E-state index in [4.69, 9.17) is 9.72 Å². The number of methoxy groups -OCH3 is 1. The zero-order chi connectivity index (χ0) is 33.1. The zero-order valence-corrected chi connectivity index (χ0v) is 26.6. The summed E-state index contributed by atoms with van der Waals surface area (Å²) < 4.78 is 20.6. The molecule has 6 rings (SSSR count). The highest BCUT2D eigenvalue weighted by Gasteiger charge is 2.27. The van der Waals surface area contributed by atoms with E-state index in [0.717, 1.165) is 48.5 Å². The number of aromatic nitrogens is 4. The predicted octanol–water partition coefficient (Wildman–Crippen LogP) is 4.62. The van der Waals surface area contributed by atoms with Crippen LogP contribution in [0.3, 0.4) is 0 Å². The van der Waals surface area contributed by atoms with E-state index in [1.54, 1.807) is 36.3 Å². The van der Waals surface area contributed by atoms with Gasteiger partial charge in [0, 0.05) is 70.0 Å². The van der Waals surface area contributed by atoms with Crippen molar-refractivity contribution in [2.75, 3.05) is 57.6 Å². The van der Waals surface area contributed by atoms with Crippen LogP contribution in [0.1, 0.15) is 52.6 Å². The number of ketones is 1. The first-order valence-corrected chi connectivity index (χ1v) is 15.6. The molecule has 4 aromatic rings. The molecule has 1 aromatic carbocycles. The summed E-state index contributed by atoms with van der Waals surface area (Å²) in [5, 5.41) is 4.02. The molecule has 1 aliphatic carbocycles. The van der Waals surface area contributed by atoms with E-state index in [1.165, 1.54) is 31.4 Å². The molecule has 12 nitrogen and oxygen atoms in total. The van der Waals surface area contributed by atoms with Crippen LogP contribution in [0.25, 0.3) is 11.0 Å². The third-order valence-electron chi connectivity index (χ3n) is 8.64. The number of piperazine rings is 1. The van der Waals surface area contributed by atoms with Gasteiger partial charge in [-0.25, -0.2) is 14.4 Å². The molecule has 244 valence electrons. The summed E-state index contributed by atoms with van der Waals surface area (Å²) >= 11 is 0. The highest BCUT2D eigenvalue weighted by atomic mass is 19.1. The number of hydrogen-bond donors (Lipinski definition) is 1. The van der Waals surface area contributed by atoms with Gasteiger partial charge in [0.05, 0.1) is 24.6 Å². The van der Waals surface area contributed by atoms with Crippen molar-refractivity contribution < 1.29 is 23.5 Å². The molecule has 3 aromatic heterocycles. The maximum atomic E-state index is 13.5. The number of ether oxygens (including phenoxy) is 1. The molecule has 2 aliphatic rings. The van der Waals surface area contributed by atoms with Crippen LogP contribution in [-0.2, 0) is 4.79 Å². The highest BCUT2D eigenvalue weighted by Crippen LogP contribution is 2.35. The summed E-state index contributed by atoms with van der Waals surface area (Å²) in [6.45, 7) is 2.15. The van der Waals surface area contributed by atoms with Gasteiger partial charge in [0.2, 0.25) is 11.9 Å². The Bertz CT molecular complexity index is 1820. The van der Waals surface area contributed by atoms with Gasteiger partial charge in [0.25, 0.3) is 5.91 Å². The van der Waals surface area contributed by atoms with Gasteiger partial charge in [-0.2, -0.15) is 4.98 Å². The summed E-state index contributed by atoms with van der Waals surface area (Å²) in [6, 6.07) is 9.56. The fraction of sp³-hybridized carbons (Fsp3) is 0.353. The van der Waals surface area contributed by atoms with Gasteiger partial charge in [-0.3, -0.25) is 14.4 Å². The average Bonchev–Trinajstić information content (AvgIpc) is 3.75. The number of allylic oxidation sites excluding steroid dienone is 1. The van der Waals surface area contributed by atoms with E-state index in [0.29, 0.717) is 43.6 Å². The van der Waals surface area contributed by atoms with Crippen molar-refractivity contribution >= 4 is 46.1 Å². The Labute approximate surface area is 271 Å². The molecule has 2 amide bonds. The Hall–Kier alpha value is -5.33. The van der Waals surface area contributed by atoms with E-state index in [2.05, 4.69) is 24.8 Å². The van der Waals surface area contributed by atoms with Crippen molar-refractivity contribution in [3.05, 3.63) is 78.0 Å². The molecule has 2 fully saturated rings. The monoisotopic (exact) mass is 640 g/mol. The number of rotatable bonds is 9. The summed E-state index contributed by atoms with van der Waals surface area (Å²) in [5.74, 6) is -0.180. The Morgan fingerprint density at radius 3 is 2.43 bits per heavy atom. The van der Waals surface area contributed by atoms with Crippen molar-refractivity contribution in [2.45, 2.75) is 31.7 Å². The molecule has 0 unspecified atom stereocenters. The number of nitrogens with zero attached hydrogens (tertiary/aromatic N) is 7. The average molecular weight is 641 g/mol.